The van der Waals surface area contributed by atoms with Crippen molar-refractivity contribution < 1.29 is 0 Å². The summed E-state index contributed by atoms with van der Waals surface area (Å²) in [4.78, 5) is 11.0. The predicted molar refractivity (Wildman–Crippen MR) is 79.1 cm³/mol. The van der Waals surface area contributed by atoms with Gasteiger partial charge in [0.05, 0.1) is 0 Å². The Morgan fingerprint density at radius 2 is 2.11 bits per heavy atom. The van der Waals surface area contributed by atoms with Gasteiger partial charge in [-0.3, -0.25) is 0 Å². The van der Waals surface area contributed by atoms with Gasteiger partial charge in [0.25, 0.3) is 0 Å². The lowest BCUT2D eigenvalue weighted by Gasteiger charge is -2.33. The Bertz CT molecular complexity index is 389. The molecule has 0 aromatic carbocycles. The molecular formula is C13H21BrN4. The molecule has 2 heterocycles. The van der Waals surface area contributed by atoms with E-state index in [1.54, 1.807) is 6.33 Å². The molecule has 0 bridgehead atoms. The normalized spacial score (nSPS) is 16.9. The van der Waals surface area contributed by atoms with E-state index in [0.29, 0.717) is 0 Å². The fourth-order valence-electron chi connectivity index (χ4n) is 2.60. The monoisotopic (exact) mass is 312 g/mol. The van der Waals surface area contributed by atoms with Gasteiger partial charge in [-0.25, -0.2) is 9.97 Å². The van der Waals surface area contributed by atoms with Crippen LogP contribution in [-0.4, -0.2) is 30.1 Å². The molecule has 1 N–H and O–H groups in total. The SMILES string of the molecule is CCCC1CCN(c2ncnc(NC)c2Br)CC1. The van der Waals surface area contributed by atoms with E-state index in [9.17, 15) is 0 Å². The summed E-state index contributed by atoms with van der Waals surface area (Å²) in [7, 11) is 1.88. The highest BCUT2D eigenvalue weighted by molar-refractivity contribution is 9.10. The molecule has 0 spiro atoms. The van der Waals surface area contributed by atoms with Gasteiger partial charge in [0.2, 0.25) is 0 Å². The summed E-state index contributed by atoms with van der Waals surface area (Å²) in [6.07, 6.45) is 6.84. The molecular weight excluding hydrogens is 292 g/mol. The molecule has 0 radical (unpaired) electrons. The highest BCUT2D eigenvalue weighted by atomic mass is 79.9. The third-order valence-corrected chi connectivity index (χ3v) is 4.35. The zero-order valence-corrected chi connectivity index (χ0v) is 12.7. The summed E-state index contributed by atoms with van der Waals surface area (Å²) >= 11 is 3.59. The van der Waals surface area contributed by atoms with Gasteiger partial charge in [-0.1, -0.05) is 19.8 Å². The van der Waals surface area contributed by atoms with E-state index in [1.165, 1.54) is 25.7 Å². The minimum absolute atomic E-state index is 0.857. The van der Waals surface area contributed by atoms with Crippen LogP contribution in [0.25, 0.3) is 0 Å². The minimum atomic E-state index is 0.857. The molecule has 0 saturated carbocycles. The summed E-state index contributed by atoms with van der Waals surface area (Å²) < 4.78 is 0.974. The van der Waals surface area contributed by atoms with Crippen LogP contribution in [0.1, 0.15) is 32.6 Å². The van der Waals surface area contributed by atoms with Crippen molar-refractivity contribution in [1.82, 2.24) is 9.97 Å². The first-order chi connectivity index (χ1) is 8.76. The average Bonchev–Trinajstić information content (AvgIpc) is 2.41. The second kappa shape index (κ2) is 6.36. The minimum Gasteiger partial charge on any atom is -0.372 e. The molecule has 1 aromatic rings. The smallest absolute Gasteiger partial charge is 0.148 e. The van der Waals surface area contributed by atoms with E-state index in [2.05, 4.69) is 43.0 Å². The summed E-state index contributed by atoms with van der Waals surface area (Å²) in [6, 6.07) is 0. The van der Waals surface area contributed by atoms with Crippen LogP contribution in [0.5, 0.6) is 0 Å². The second-order valence-corrected chi connectivity index (χ2v) is 5.62. The fourth-order valence-corrected chi connectivity index (χ4v) is 3.25. The van der Waals surface area contributed by atoms with Crippen molar-refractivity contribution in [2.24, 2.45) is 5.92 Å². The van der Waals surface area contributed by atoms with E-state index >= 15 is 0 Å². The fraction of sp³-hybridized carbons (Fsp3) is 0.692. The first-order valence-corrected chi connectivity index (χ1v) is 7.48. The number of anilines is 2. The molecule has 4 nitrogen and oxygen atoms in total. The Labute approximate surface area is 117 Å². The van der Waals surface area contributed by atoms with E-state index in [4.69, 9.17) is 0 Å². The maximum Gasteiger partial charge on any atom is 0.148 e. The first-order valence-electron chi connectivity index (χ1n) is 6.69. The van der Waals surface area contributed by atoms with Gasteiger partial charge in [0, 0.05) is 20.1 Å². The van der Waals surface area contributed by atoms with Gasteiger partial charge in [-0.2, -0.15) is 0 Å². The van der Waals surface area contributed by atoms with E-state index in [0.717, 1.165) is 35.1 Å². The van der Waals surface area contributed by atoms with Gasteiger partial charge < -0.3 is 10.2 Å². The zero-order valence-electron chi connectivity index (χ0n) is 11.1. The molecule has 0 unspecified atom stereocenters. The molecule has 1 aliphatic rings. The zero-order chi connectivity index (χ0) is 13.0. The summed E-state index contributed by atoms with van der Waals surface area (Å²) in [5, 5.41) is 3.08. The maximum absolute atomic E-state index is 4.41. The van der Waals surface area contributed by atoms with Crippen LogP contribution < -0.4 is 10.2 Å². The largest absolute Gasteiger partial charge is 0.372 e. The van der Waals surface area contributed by atoms with Gasteiger partial charge in [-0.15, -0.1) is 0 Å². The number of rotatable bonds is 4. The van der Waals surface area contributed by atoms with Gasteiger partial charge >= 0.3 is 0 Å². The highest BCUT2D eigenvalue weighted by Gasteiger charge is 2.22. The van der Waals surface area contributed by atoms with E-state index in [1.807, 2.05) is 7.05 Å². The third-order valence-electron chi connectivity index (χ3n) is 3.62. The maximum atomic E-state index is 4.41. The van der Waals surface area contributed by atoms with Crippen LogP contribution in [0.4, 0.5) is 11.6 Å². The van der Waals surface area contributed by atoms with Crippen LogP contribution in [0.2, 0.25) is 0 Å². The van der Waals surface area contributed by atoms with E-state index in [-0.39, 0.29) is 0 Å². The summed E-state index contributed by atoms with van der Waals surface area (Å²) in [5.41, 5.74) is 0. The summed E-state index contributed by atoms with van der Waals surface area (Å²) in [6.45, 7) is 4.47. The lowest BCUT2D eigenvalue weighted by atomic mass is 9.92. The van der Waals surface area contributed by atoms with Crippen molar-refractivity contribution in [3.05, 3.63) is 10.8 Å². The second-order valence-electron chi connectivity index (χ2n) is 4.83. The Morgan fingerprint density at radius 1 is 1.39 bits per heavy atom. The standard InChI is InChI=1S/C13H21BrN4/c1-3-4-10-5-7-18(8-6-10)13-11(14)12(15-2)16-9-17-13/h9-10H,3-8H2,1-2H3,(H,15,16,17). The Balaban J connectivity index is 2.05. The van der Waals surface area contributed by atoms with Gasteiger partial charge in [0.1, 0.15) is 22.4 Å². The average molecular weight is 313 g/mol. The molecule has 1 fully saturated rings. The Kier molecular flexibility index (Phi) is 4.80. The summed E-state index contributed by atoms with van der Waals surface area (Å²) in [5.74, 6) is 2.77. The predicted octanol–water partition coefficient (Wildman–Crippen LogP) is 3.30. The van der Waals surface area contributed by atoms with Crippen molar-refractivity contribution in [1.29, 1.82) is 0 Å². The Hall–Kier alpha value is -0.840. The molecule has 1 aliphatic heterocycles. The lowest BCUT2D eigenvalue weighted by Crippen LogP contribution is -2.34. The van der Waals surface area contributed by atoms with Crippen molar-refractivity contribution in [2.75, 3.05) is 30.4 Å². The first kappa shape index (κ1) is 13.6. The van der Waals surface area contributed by atoms with Gasteiger partial charge in [0.15, 0.2) is 0 Å². The van der Waals surface area contributed by atoms with Crippen LogP contribution in [-0.2, 0) is 0 Å². The van der Waals surface area contributed by atoms with Crippen molar-refractivity contribution in [2.45, 2.75) is 32.6 Å². The number of halogens is 1. The van der Waals surface area contributed by atoms with Crippen LogP contribution in [0.15, 0.2) is 10.8 Å². The van der Waals surface area contributed by atoms with Crippen LogP contribution in [0.3, 0.4) is 0 Å². The molecule has 5 heteroatoms. The number of nitrogens with zero attached hydrogens (tertiary/aromatic N) is 3. The number of hydrogen-bond acceptors (Lipinski definition) is 4. The van der Waals surface area contributed by atoms with Crippen molar-refractivity contribution >= 4 is 27.6 Å². The van der Waals surface area contributed by atoms with Crippen LogP contribution in [0, 0.1) is 5.92 Å². The van der Waals surface area contributed by atoms with Crippen LogP contribution >= 0.6 is 15.9 Å². The van der Waals surface area contributed by atoms with Gasteiger partial charge in [-0.05, 0) is 34.7 Å². The molecule has 2 rings (SSSR count). The lowest BCUT2D eigenvalue weighted by molar-refractivity contribution is 0.377. The molecule has 0 amide bonds. The Morgan fingerprint density at radius 3 is 2.72 bits per heavy atom. The third kappa shape index (κ3) is 2.94. The molecule has 0 aliphatic carbocycles. The molecule has 0 atom stereocenters. The van der Waals surface area contributed by atoms with Crippen molar-refractivity contribution in [3.63, 3.8) is 0 Å². The quantitative estimate of drug-likeness (QED) is 0.926. The number of aromatic nitrogens is 2. The molecule has 18 heavy (non-hydrogen) atoms. The number of piperidine rings is 1. The highest BCUT2D eigenvalue weighted by Crippen LogP contribution is 2.32. The van der Waals surface area contributed by atoms with Crippen molar-refractivity contribution in [3.8, 4) is 0 Å². The molecule has 1 saturated heterocycles. The molecule has 100 valence electrons. The number of nitrogens with one attached hydrogen (secondary N) is 1. The topological polar surface area (TPSA) is 41.1 Å². The number of hydrogen-bond donors (Lipinski definition) is 1. The molecule has 1 aromatic heterocycles. The van der Waals surface area contributed by atoms with E-state index < -0.39 is 0 Å².